The Labute approximate surface area is 98.6 Å². The highest BCUT2D eigenvalue weighted by Gasteiger charge is 2.37. The first-order valence-corrected chi connectivity index (χ1v) is 6.39. The molecule has 0 spiro atoms. The summed E-state index contributed by atoms with van der Waals surface area (Å²) in [5.41, 5.74) is 4.14. The highest BCUT2D eigenvalue weighted by molar-refractivity contribution is 5.97. The molecule has 1 nitrogen and oxygen atoms in total. The molecule has 0 N–H and O–H groups in total. The standard InChI is InChI=1S/C15H22O/c1-10(2)12-5-7-15(4)8-6-14(16)11(3)13(15)9-12/h9-10H,5-8H2,1-4H3/t15-/m1/s1. The number of Topliss-reactive ketones (excluding diaryl/α,β-unsaturated/α-hetero) is 1. The Kier molecular flexibility index (Phi) is 2.81. The van der Waals surface area contributed by atoms with Crippen molar-refractivity contribution in [3.05, 3.63) is 22.8 Å². The summed E-state index contributed by atoms with van der Waals surface area (Å²) in [6.07, 6.45) is 6.54. The van der Waals surface area contributed by atoms with E-state index in [4.69, 9.17) is 0 Å². The smallest absolute Gasteiger partial charge is 0.158 e. The minimum absolute atomic E-state index is 0.274. The first-order chi connectivity index (χ1) is 7.44. The molecule has 2 aliphatic rings. The zero-order valence-corrected chi connectivity index (χ0v) is 10.9. The Morgan fingerprint density at radius 2 is 1.88 bits per heavy atom. The molecule has 0 aromatic rings. The molecule has 0 saturated carbocycles. The van der Waals surface area contributed by atoms with Crippen LogP contribution in [-0.4, -0.2) is 5.78 Å². The van der Waals surface area contributed by atoms with Gasteiger partial charge in [0.25, 0.3) is 0 Å². The molecule has 0 unspecified atom stereocenters. The molecule has 16 heavy (non-hydrogen) atoms. The topological polar surface area (TPSA) is 17.1 Å². The van der Waals surface area contributed by atoms with Gasteiger partial charge in [0, 0.05) is 6.42 Å². The van der Waals surface area contributed by atoms with Crippen molar-refractivity contribution in [1.29, 1.82) is 0 Å². The molecule has 1 atom stereocenters. The monoisotopic (exact) mass is 218 g/mol. The molecular formula is C15H22O. The lowest BCUT2D eigenvalue weighted by atomic mass is 9.64. The third-order valence-corrected chi connectivity index (χ3v) is 4.41. The lowest BCUT2D eigenvalue weighted by molar-refractivity contribution is -0.116. The third kappa shape index (κ3) is 1.77. The van der Waals surface area contributed by atoms with E-state index in [-0.39, 0.29) is 5.41 Å². The van der Waals surface area contributed by atoms with E-state index in [0.29, 0.717) is 11.7 Å². The number of hydrogen-bond donors (Lipinski definition) is 0. The molecule has 0 fully saturated rings. The van der Waals surface area contributed by atoms with Gasteiger partial charge in [0.15, 0.2) is 5.78 Å². The summed E-state index contributed by atoms with van der Waals surface area (Å²) >= 11 is 0. The van der Waals surface area contributed by atoms with Crippen LogP contribution in [0.25, 0.3) is 0 Å². The van der Waals surface area contributed by atoms with Gasteiger partial charge < -0.3 is 0 Å². The van der Waals surface area contributed by atoms with Crippen molar-refractivity contribution >= 4 is 5.78 Å². The number of carbonyl (C=O) groups excluding carboxylic acids is 1. The highest BCUT2D eigenvalue weighted by atomic mass is 16.1. The van der Waals surface area contributed by atoms with Crippen LogP contribution in [0, 0.1) is 11.3 Å². The summed E-state index contributed by atoms with van der Waals surface area (Å²) in [5, 5.41) is 0. The first-order valence-electron chi connectivity index (χ1n) is 6.39. The predicted molar refractivity (Wildman–Crippen MR) is 67.2 cm³/mol. The van der Waals surface area contributed by atoms with Crippen LogP contribution in [0.4, 0.5) is 0 Å². The van der Waals surface area contributed by atoms with E-state index in [0.717, 1.165) is 18.4 Å². The largest absolute Gasteiger partial charge is 0.295 e. The number of ketones is 1. The average Bonchev–Trinajstić information content (AvgIpc) is 2.24. The third-order valence-electron chi connectivity index (χ3n) is 4.41. The SMILES string of the molecule is CC1=C2C=C(C(C)C)CC[C@]2(C)CCC1=O. The van der Waals surface area contributed by atoms with E-state index in [2.05, 4.69) is 26.8 Å². The van der Waals surface area contributed by atoms with E-state index < -0.39 is 0 Å². The second-order valence-corrected chi connectivity index (χ2v) is 5.90. The molecule has 1 heteroatoms. The van der Waals surface area contributed by atoms with Gasteiger partial charge in [0.1, 0.15) is 0 Å². The van der Waals surface area contributed by atoms with E-state index in [1.165, 1.54) is 24.0 Å². The molecule has 2 aliphatic carbocycles. The van der Waals surface area contributed by atoms with E-state index >= 15 is 0 Å². The number of hydrogen-bond acceptors (Lipinski definition) is 1. The second kappa shape index (κ2) is 3.87. The molecule has 0 amide bonds. The molecule has 0 saturated heterocycles. The minimum Gasteiger partial charge on any atom is -0.295 e. The van der Waals surface area contributed by atoms with Crippen molar-refractivity contribution in [2.24, 2.45) is 11.3 Å². The number of rotatable bonds is 1. The molecule has 0 bridgehead atoms. The van der Waals surface area contributed by atoms with Crippen molar-refractivity contribution in [1.82, 2.24) is 0 Å². The van der Waals surface area contributed by atoms with Crippen molar-refractivity contribution in [3.63, 3.8) is 0 Å². The van der Waals surface area contributed by atoms with Crippen molar-refractivity contribution in [2.75, 3.05) is 0 Å². The van der Waals surface area contributed by atoms with Crippen LogP contribution >= 0.6 is 0 Å². The molecule has 0 aliphatic heterocycles. The Balaban J connectivity index is 2.48. The van der Waals surface area contributed by atoms with E-state index in [1.807, 2.05) is 6.92 Å². The Morgan fingerprint density at radius 1 is 1.25 bits per heavy atom. The van der Waals surface area contributed by atoms with Gasteiger partial charge in [-0.25, -0.2) is 0 Å². The summed E-state index contributed by atoms with van der Waals surface area (Å²) < 4.78 is 0. The summed E-state index contributed by atoms with van der Waals surface area (Å²) in [6, 6.07) is 0. The van der Waals surface area contributed by atoms with E-state index in [9.17, 15) is 4.79 Å². The van der Waals surface area contributed by atoms with Gasteiger partial charge >= 0.3 is 0 Å². The normalized spacial score (nSPS) is 30.6. The van der Waals surface area contributed by atoms with Crippen LogP contribution in [0.3, 0.4) is 0 Å². The number of carbonyl (C=O) groups is 1. The van der Waals surface area contributed by atoms with Gasteiger partial charge in [0.05, 0.1) is 0 Å². The molecule has 0 heterocycles. The summed E-state index contributed by atoms with van der Waals surface area (Å²) in [7, 11) is 0. The summed E-state index contributed by atoms with van der Waals surface area (Å²) in [6.45, 7) is 8.82. The maximum atomic E-state index is 11.8. The Hall–Kier alpha value is -0.850. The fraction of sp³-hybridized carbons (Fsp3) is 0.667. The zero-order chi connectivity index (χ0) is 11.9. The van der Waals surface area contributed by atoms with Crippen LogP contribution < -0.4 is 0 Å². The first kappa shape index (κ1) is 11.6. The maximum Gasteiger partial charge on any atom is 0.158 e. The van der Waals surface area contributed by atoms with Gasteiger partial charge in [-0.15, -0.1) is 0 Å². The van der Waals surface area contributed by atoms with Crippen LogP contribution in [0.1, 0.15) is 53.4 Å². The van der Waals surface area contributed by atoms with Crippen LogP contribution in [0.2, 0.25) is 0 Å². The Bertz CT molecular complexity index is 384. The molecule has 0 aromatic carbocycles. The summed E-state index contributed by atoms with van der Waals surface area (Å²) in [5.74, 6) is 0.968. The molecule has 2 rings (SSSR count). The van der Waals surface area contributed by atoms with E-state index in [1.54, 1.807) is 0 Å². The van der Waals surface area contributed by atoms with Crippen LogP contribution in [0.5, 0.6) is 0 Å². The van der Waals surface area contributed by atoms with Crippen molar-refractivity contribution in [2.45, 2.75) is 53.4 Å². The fourth-order valence-electron chi connectivity index (χ4n) is 2.99. The Morgan fingerprint density at radius 3 is 2.50 bits per heavy atom. The van der Waals surface area contributed by atoms with Crippen molar-refractivity contribution in [3.8, 4) is 0 Å². The summed E-state index contributed by atoms with van der Waals surface area (Å²) in [4.78, 5) is 11.8. The molecule has 0 radical (unpaired) electrons. The van der Waals surface area contributed by atoms with Gasteiger partial charge in [-0.3, -0.25) is 4.79 Å². The van der Waals surface area contributed by atoms with Gasteiger partial charge in [0.2, 0.25) is 0 Å². The van der Waals surface area contributed by atoms with Crippen LogP contribution in [0.15, 0.2) is 22.8 Å². The van der Waals surface area contributed by atoms with Gasteiger partial charge in [-0.05, 0) is 48.7 Å². The van der Waals surface area contributed by atoms with Gasteiger partial charge in [-0.2, -0.15) is 0 Å². The fourth-order valence-corrected chi connectivity index (χ4v) is 2.99. The number of fused-ring (bicyclic) bond motifs is 1. The second-order valence-electron chi connectivity index (χ2n) is 5.90. The molecule has 0 aromatic heterocycles. The van der Waals surface area contributed by atoms with Gasteiger partial charge in [-0.1, -0.05) is 32.4 Å². The molecule has 88 valence electrons. The minimum atomic E-state index is 0.274. The maximum absolute atomic E-state index is 11.8. The lowest BCUT2D eigenvalue weighted by Crippen LogP contribution is -2.30. The van der Waals surface area contributed by atoms with Crippen LogP contribution in [-0.2, 0) is 4.79 Å². The lowest BCUT2D eigenvalue weighted by Gasteiger charge is -2.40. The number of allylic oxidation sites excluding steroid dienone is 4. The zero-order valence-electron chi connectivity index (χ0n) is 10.9. The van der Waals surface area contributed by atoms with Crippen molar-refractivity contribution < 1.29 is 4.79 Å². The predicted octanol–water partition coefficient (Wildman–Crippen LogP) is 4.05. The molecular weight excluding hydrogens is 196 g/mol. The average molecular weight is 218 g/mol. The highest BCUT2D eigenvalue weighted by Crippen LogP contribution is 2.48. The quantitative estimate of drug-likeness (QED) is 0.649.